The average molecular weight is 284 g/mol. The summed E-state index contributed by atoms with van der Waals surface area (Å²) in [6, 6.07) is 5.56. The Kier molecular flexibility index (Phi) is 4.34. The summed E-state index contributed by atoms with van der Waals surface area (Å²) in [6.07, 6.45) is 3.25. The molecule has 0 aliphatic heterocycles. The summed E-state index contributed by atoms with van der Waals surface area (Å²) in [7, 11) is -3.31. The van der Waals surface area contributed by atoms with Crippen molar-refractivity contribution < 1.29 is 17.6 Å². The Hall–Kier alpha value is -1.23. The molecule has 1 aliphatic carbocycles. The van der Waals surface area contributed by atoms with Crippen LogP contribution in [0.5, 0.6) is 0 Å². The van der Waals surface area contributed by atoms with Crippen LogP contribution >= 0.6 is 0 Å². The van der Waals surface area contributed by atoms with Gasteiger partial charge in [0.15, 0.2) is 15.6 Å². The molecule has 1 aromatic carbocycles. The van der Waals surface area contributed by atoms with Crippen molar-refractivity contribution in [3.63, 3.8) is 0 Å². The van der Waals surface area contributed by atoms with Crippen LogP contribution in [0.3, 0.4) is 0 Å². The molecule has 0 aromatic heterocycles. The summed E-state index contributed by atoms with van der Waals surface area (Å²) in [6.45, 7) is 0. The number of rotatable bonds is 5. The standard InChI is InChI=1S/C14H17FO3S/c15-12-7-5-11(6-8-12)9-13(16)10-19(17,18)14-3-1-2-4-14/h5-8,14H,1-4,9-10H2. The van der Waals surface area contributed by atoms with Crippen molar-refractivity contribution in [1.82, 2.24) is 0 Å². The molecule has 19 heavy (non-hydrogen) atoms. The predicted octanol–water partition coefficient (Wildman–Crippen LogP) is 2.29. The van der Waals surface area contributed by atoms with E-state index in [0.717, 1.165) is 12.8 Å². The minimum Gasteiger partial charge on any atom is -0.298 e. The molecule has 0 bridgehead atoms. The zero-order chi connectivity index (χ0) is 13.9. The van der Waals surface area contributed by atoms with Gasteiger partial charge >= 0.3 is 0 Å². The van der Waals surface area contributed by atoms with E-state index in [9.17, 15) is 17.6 Å². The van der Waals surface area contributed by atoms with Crippen LogP contribution in [0.25, 0.3) is 0 Å². The molecule has 0 amide bonds. The van der Waals surface area contributed by atoms with Crippen molar-refractivity contribution in [2.45, 2.75) is 37.4 Å². The van der Waals surface area contributed by atoms with E-state index in [0.29, 0.717) is 18.4 Å². The zero-order valence-electron chi connectivity index (χ0n) is 10.6. The number of halogens is 1. The van der Waals surface area contributed by atoms with E-state index < -0.39 is 15.6 Å². The molecule has 1 saturated carbocycles. The first-order valence-electron chi connectivity index (χ1n) is 6.45. The molecule has 0 spiro atoms. The Morgan fingerprint density at radius 2 is 1.74 bits per heavy atom. The van der Waals surface area contributed by atoms with Crippen molar-refractivity contribution in [3.05, 3.63) is 35.6 Å². The molecule has 0 saturated heterocycles. The van der Waals surface area contributed by atoms with E-state index >= 15 is 0 Å². The Morgan fingerprint density at radius 3 is 2.32 bits per heavy atom. The fourth-order valence-electron chi connectivity index (χ4n) is 2.47. The zero-order valence-corrected chi connectivity index (χ0v) is 11.5. The normalized spacial score (nSPS) is 16.7. The second kappa shape index (κ2) is 5.82. The van der Waals surface area contributed by atoms with Crippen molar-refractivity contribution >= 4 is 15.6 Å². The predicted molar refractivity (Wildman–Crippen MR) is 71.2 cm³/mol. The van der Waals surface area contributed by atoms with Crippen molar-refractivity contribution in [2.75, 3.05) is 5.75 Å². The third-order valence-electron chi connectivity index (χ3n) is 3.49. The smallest absolute Gasteiger partial charge is 0.160 e. The largest absolute Gasteiger partial charge is 0.298 e. The maximum atomic E-state index is 12.7. The van der Waals surface area contributed by atoms with Gasteiger partial charge in [-0.3, -0.25) is 4.79 Å². The van der Waals surface area contributed by atoms with Crippen LogP contribution < -0.4 is 0 Å². The fraction of sp³-hybridized carbons (Fsp3) is 0.500. The van der Waals surface area contributed by atoms with Gasteiger partial charge in [0.25, 0.3) is 0 Å². The highest BCUT2D eigenvalue weighted by Gasteiger charge is 2.30. The number of carbonyl (C=O) groups is 1. The molecule has 1 fully saturated rings. The van der Waals surface area contributed by atoms with Gasteiger partial charge < -0.3 is 0 Å². The fourth-order valence-corrected chi connectivity index (χ4v) is 4.31. The Morgan fingerprint density at radius 1 is 1.16 bits per heavy atom. The second-order valence-corrected chi connectivity index (χ2v) is 7.34. The number of sulfone groups is 1. The highest BCUT2D eigenvalue weighted by atomic mass is 32.2. The van der Waals surface area contributed by atoms with Crippen molar-refractivity contribution in [2.24, 2.45) is 0 Å². The van der Waals surface area contributed by atoms with Gasteiger partial charge in [-0.1, -0.05) is 25.0 Å². The summed E-state index contributed by atoms with van der Waals surface area (Å²) in [5.74, 6) is -1.08. The number of benzene rings is 1. The maximum absolute atomic E-state index is 12.7. The Balaban J connectivity index is 1.95. The van der Waals surface area contributed by atoms with Gasteiger partial charge in [0, 0.05) is 6.42 Å². The van der Waals surface area contributed by atoms with Crippen LogP contribution in [-0.4, -0.2) is 25.2 Å². The van der Waals surface area contributed by atoms with Gasteiger partial charge in [-0.05, 0) is 30.5 Å². The molecular formula is C14H17FO3S. The molecule has 1 aromatic rings. The molecule has 0 unspecified atom stereocenters. The van der Waals surface area contributed by atoms with Crippen LogP contribution in [0.15, 0.2) is 24.3 Å². The van der Waals surface area contributed by atoms with Gasteiger partial charge in [-0.25, -0.2) is 12.8 Å². The minimum atomic E-state index is -3.31. The van der Waals surface area contributed by atoms with Crippen LogP contribution in [-0.2, 0) is 21.1 Å². The lowest BCUT2D eigenvalue weighted by molar-refractivity contribution is -0.116. The van der Waals surface area contributed by atoms with Crippen LogP contribution in [0.2, 0.25) is 0 Å². The van der Waals surface area contributed by atoms with Crippen LogP contribution in [0.1, 0.15) is 31.2 Å². The number of carbonyl (C=O) groups excluding carboxylic acids is 1. The molecule has 0 N–H and O–H groups in total. The first-order chi connectivity index (χ1) is 8.97. The number of ketones is 1. The first-order valence-corrected chi connectivity index (χ1v) is 8.16. The lowest BCUT2D eigenvalue weighted by Crippen LogP contribution is -2.26. The monoisotopic (exact) mass is 284 g/mol. The molecule has 0 radical (unpaired) electrons. The summed E-state index contributed by atoms with van der Waals surface area (Å²) in [4.78, 5) is 11.8. The van der Waals surface area contributed by atoms with E-state index in [1.807, 2.05) is 0 Å². The van der Waals surface area contributed by atoms with Crippen LogP contribution in [0.4, 0.5) is 4.39 Å². The van der Waals surface area contributed by atoms with E-state index in [2.05, 4.69) is 0 Å². The maximum Gasteiger partial charge on any atom is 0.160 e. The van der Waals surface area contributed by atoms with Gasteiger partial charge in [-0.2, -0.15) is 0 Å². The summed E-state index contributed by atoms with van der Waals surface area (Å²) >= 11 is 0. The van der Waals surface area contributed by atoms with Gasteiger partial charge in [0.1, 0.15) is 11.6 Å². The van der Waals surface area contributed by atoms with E-state index in [4.69, 9.17) is 0 Å². The van der Waals surface area contributed by atoms with E-state index in [1.165, 1.54) is 24.3 Å². The van der Waals surface area contributed by atoms with E-state index in [1.54, 1.807) is 0 Å². The number of hydrogen-bond acceptors (Lipinski definition) is 3. The summed E-state index contributed by atoms with van der Waals surface area (Å²) in [5, 5.41) is -0.343. The average Bonchev–Trinajstić information content (AvgIpc) is 2.85. The third kappa shape index (κ3) is 3.86. The number of Topliss-reactive ketones (excluding diaryl/α,β-unsaturated/α-hetero) is 1. The molecule has 2 rings (SSSR count). The molecule has 0 heterocycles. The first kappa shape index (κ1) is 14.2. The lowest BCUT2D eigenvalue weighted by Gasteiger charge is -2.10. The Bertz CT molecular complexity index is 543. The van der Waals surface area contributed by atoms with E-state index in [-0.39, 0.29) is 23.3 Å². The summed E-state index contributed by atoms with van der Waals surface area (Å²) < 4.78 is 36.7. The van der Waals surface area contributed by atoms with Gasteiger partial charge in [0.05, 0.1) is 5.25 Å². The molecule has 3 nitrogen and oxygen atoms in total. The SMILES string of the molecule is O=C(Cc1ccc(F)cc1)CS(=O)(=O)C1CCCC1. The quantitative estimate of drug-likeness (QED) is 0.833. The molecular weight excluding hydrogens is 267 g/mol. The third-order valence-corrected chi connectivity index (χ3v) is 5.70. The second-order valence-electron chi connectivity index (χ2n) is 5.06. The van der Waals surface area contributed by atoms with Crippen molar-refractivity contribution in [1.29, 1.82) is 0 Å². The van der Waals surface area contributed by atoms with Gasteiger partial charge in [-0.15, -0.1) is 0 Å². The highest BCUT2D eigenvalue weighted by molar-refractivity contribution is 7.92. The van der Waals surface area contributed by atoms with Crippen molar-refractivity contribution in [3.8, 4) is 0 Å². The topological polar surface area (TPSA) is 51.2 Å². The minimum absolute atomic E-state index is 0.0478. The Labute approximate surface area is 112 Å². The van der Waals surface area contributed by atoms with Gasteiger partial charge in [0.2, 0.25) is 0 Å². The molecule has 0 atom stereocenters. The molecule has 104 valence electrons. The lowest BCUT2D eigenvalue weighted by atomic mass is 10.1. The summed E-state index contributed by atoms with van der Waals surface area (Å²) in [5.41, 5.74) is 0.646. The molecule has 5 heteroatoms. The van der Waals surface area contributed by atoms with Crippen LogP contribution in [0, 0.1) is 5.82 Å². The number of hydrogen-bond donors (Lipinski definition) is 0. The molecule has 1 aliphatic rings. The highest BCUT2D eigenvalue weighted by Crippen LogP contribution is 2.25.